The molecule has 0 saturated heterocycles. The van der Waals surface area contributed by atoms with E-state index in [0.717, 1.165) is 15.2 Å². The number of aromatic nitrogens is 4. The van der Waals surface area contributed by atoms with Crippen molar-refractivity contribution in [2.24, 2.45) is 0 Å². The van der Waals surface area contributed by atoms with Crippen molar-refractivity contribution in [2.45, 2.75) is 0 Å². The molecule has 0 aliphatic rings. The number of rotatable bonds is 1. The Morgan fingerprint density at radius 2 is 1.80 bits per heavy atom. The summed E-state index contributed by atoms with van der Waals surface area (Å²) in [5.74, 6) is 0.631. The standard InChI is InChI=1S/C10H6N4S/c1-2-4-8-7(3-1)14-10(15-8)9-12-5-11-6-13-9/h1-6H. The Kier molecular flexibility index (Phi) is 1.89. The highest BCUT2D eigenvalue weighted by atomic mass is 32.1. The van der Waals surface area contributed by atoms with Crippen molar-refractivity contribution >= 4 is 21.6 Å². The van der Waals surface area contributed by atoms with E-state index in [-0.39, 0.29) is 0 Å². The Bertz CT molecular complexity index is 557. The average Bonchev–Trinajstić information content (AvgIpc) is 2.74. The Morgan fingerprint density at radius 1 is 1.00 bits per heavy atom. The Balaban J connectivity index is 2.21. The van der Waals surface area contributed by atoms with Crippen molar-refractivity contribution in [3.63, 3.8) is 0 Å². The highest BCUT2D eigenvalue weighted by Gasteiger charge is 2.06. The van der Waals surface area contributed by atoms with Gasteiger partial charge in [-0.1, -0.05) is 12.1 Å². The summed E-state index contributed by atoms with van der Waals surface area (Å²) >= 11 is 1.59. The highest BCUT2D eigenvalue weighted by molar-refractivity contribution is 7.21. The molecule has 0 unspecified atom stereocenters. The molecule has 0 fully saturated rings. The monoisotopic (exact) mass is 214 g/mol. The van der Waals surface area contributed by atoms with Gasteiger partial charge in [-0.2, -0.15) is 0 Å². The van der Waals surface area contributed by atoms with E-state index in [0.29, 0.717) is 5.82 Å². The van der Waals surface area contributed by atoms with Gasteiger partial charge in [0.05, 0.1) is 10.2 Å². The van der Waals surface area contributed by atoms with E-state index in [9.17, 15) is 0 Å². The number of para-hydroxylation sites is 1. The van der Waals surface area contributed by atoms with Gasteiger partial charge in [0.15, 0.2) is 10.8 Å². The van der Waals surface area contributed by atoms with Crippen LogP contribution in [0.4, 0.5) is 0 Å². The molecule has 0 atom stereocenters. The fraction of sp³-hybridized carbons (Fsp3) is 0. The molecule has 0 aliphatic carbocycles. The topological polar surface area (TPSA) is 51.6 Å². The Labute approximate surface area is 89.7 Å². The average molecular weight is 214 g/mol. The largest absolute Gasteiger partial charge is 0.233 e. The van der Waals surface area contributed by atoms with Gasteiger partial charge in [-0.15, -0.1) is 11.3 Å². The van der Waals surface area contributed by atoms with Crippen molar-refractivity contribution in [3.8, 4) is 10.8 Å². The lowest BCUT2D eigenvalue weighted by Crippen LogP contribution is -1.87. The zero-order valence-corrected chi connectivity index (χ0v) is 8.48. The normalized spacial score (nSPS) is 10.7. The summed E-state index contributed by atoms with van der Waals surface area (Å²) in [7, 11) is 0. The molecule has 0 bridgehead atoms. The summed E-state index contributed by atoms with van der Waals surface area (Å²) in [5.41, 5.74) is 0.984. The third-order valence-corrected chi connectivity index (χ3v) is 3.01. The molecule has 0 N–H and O–H groups in total. The van der Waals surface area contributed by atoms with Gasteiger partial charge in [0.25, 0.3) is 0 Å². The Hall–Kier alpha value is -1.88. The van der Waals surface area contributed by atoms with Crippen LogP contribution in [-0.2, 0) is 0 Å². The van der Waals surface area contributed by atoms with E-state index in [1.807, 2.05) is 24.3 Å². The van der Waals surface area contributed by atoms with Crippen molar-refractivity contribution in [1.82, 2.24) is 19.9 Å². The first-order valence-electron chi connectivity index (χ1n) is 4.41. The molecule has 3 rings (SSSR count). The van der Waals surface area contributed by atoms with Crippen LogP contribution >= 0.6 is 11.3 Å². The van der Waals surface area contributed by atoms with Gasteiger partial charge >= 0.3 is 0 Å². The molecule has 2 heterocycles. The first-order chi connectivity index (χ1) is 7.43. The van der Waals surface area contributed by atoms with Crippen molar-refractivity contribution < 1.29 is 0 Å². The molecular weight excluding hydrogens is 208 g/mol. The number of thiazole rings is 1. The summed E-state index contributed by atoms with van der Waals surface area (Å²) in [5, 5.41) is 0.832. The number of benzene rings is 1. The number of fused-ring (bicyclic) bond motifs is 1. The van der Waals surface area contributed by atoms with Crippen LogP contribution in [0.5, 0.6) is 0 Å². The highest BCUT2D eigenvalue weighted by Crippen LogP contribution is 2.26. The summed E-state index contributed by atoms with van der Waals surface area (Å²) < 4.78 is 1.15. The van der Waals surface area contributed by atoms with Gasteiger partial charge in [0, 0.05) is 0 Å². The van der Waals surface area contributed by atoms with Gasteiger partial charge in [0.1, 0.15) is 12.7 Å². The SMILES string of the molecule is c1ccc2sc(-c3ncncn3)nc2c1. The first kappa shape index (κ1) is 8.43. The lowest BCUT2D eigenvalue weighted by Gasteiger charge is -1.89. The number of hydrogen-bond donors (Lipinski definition) is 0. The lowest BCUT2D eigenvalue weighted by atomic mass is 10.3. The molecule has 0 spiro atoms. The number of hydrogen-bond acceptors (Lipinski definition) is 5. The molecule has 0 amide bonds. The zero-order chi connectivity index (χ0) is 10.1. The maximum atomic E-state index is 4.45. The van der Waals surface area contributed by atoms with Crippen LogP contribution in [0.15, 0.2) is 36.9 Å². The molecule has 0 aliphatic heterocycles. The van der Waals surface area contributed by atoms with Crippen LogP contribution in [0.25, 0.3) is 21.0 Å². The second-order valence-electron chi connectivity index (χ2n) is 2.95. The van der Waals surface area contributed by atoms with E-state index in [1.165, 1.54) is 12.7 Å². The van der Waals surface area contributed by atoms with Crippen LogP contribution in [-0.4, -0.2) is 19.9 Å². The molecule has 0 radical (unpaired) electrons. The second kappa shape index (κ2) is 3.36. The van der Waals surface area contributed by atoms with Crippen LogP contribution in [0.1, 0.15) is 0 Å². The summed E-state index contributed by atoms with van der Waals surface area (Å²) in [6, 6.07) is 7.99. The van der Waals surface area contributed by atoms with Crippen molar-refractivity contribution in [1.29, 1.82) is 0 Å². The summed E-state index contributed by atoms with van der Waals surface area (Å²) in [6.45, 7) is 0. The molecule has 0 saturated carbocycles. The minimum atomic E-state index is 0.631. The minimum absolute atomic E-state index is 0.631. The van der Waals surface area contributed by atoms with Gasteiger partial charge in [-0.3, -0.25) is 0 Å². The van der Waals surface area contributed by atoms with Crippen LogP contribution in [0, 0.1) is 0 Å². The third-order valence-electron chi connectivity index (χ3n) is 1.98. The fourth-order valence-corrected chi connectivity index (χ4v) is 2.23. The Morgan fingerprint density at radius 3 is 2.60 bits per heavy atom. The third kappa shape index (κ3) is 1.46. The summed E-state index contributed by atoms with van der Waals surface area (Å²) in [4.78, 5) is 16.4. The molecule has 1 aromatic carbocycles. The molecule has 5 heteroatoms. The van der Waals surface area contributed by atoms with Crippen LogP contribution in [0.3, 0.4) is 0 Å². The maximum absolute atomic E-state index is 4.45. The van der Waals surface area contributed by atoms with Crippen LogP contribution < -0.4 is 0 Å². The van der Waals surface area contributed by atoms with Crippen molar-refractivity contribution in [3.05, 3.63) is 36.9 Å². The predicted molar refractivity (Wildman–Crippen MR) is 58.4 cm³/mol. The van der Waals surface area contributed by atoms with E-state index in [1.54, 1.807) is 11.3 Å². The van der Waals surface area contributed by atoms with E-state index in [2.05, 4.69) is 19.9 Å². The molecule has 2 aromatic heterocycles. The van der Waals surface area contributed by atoms with Gasteiger partial charge < -0.3 is 0 Å². The molecule has 4 nitrogen and oxygen atoms in total. The smallest absolute Gasteiger partial charge is 0.191 e. The molecule has 72 valence electrons. The number of nitrogens with zero attached hydrogens (tertiary/aromatic N) is 4. The van der Waals surface area contributed by atoms with Gasteiger partial charge in [0.2, 0.25) is 0 Å². The molecular formula is C10H6N4S. The van der Waals surface area contributed by atoms with Gasteiger partial charge in [-0.25, -0.2) is 19.9 Å². The predicted octanol–water partition coefficient (Wildman–Crippen LogP) is 2.15. The fourth-order valence-electron chi connectivity index (χ4n) is 1.32. The summed E-state index contributed by atoms with van der Waals surface area (Å²) in [6.07, 6.45) is 2.96. The van der Waals surface area contributed by atoms with Gasteiger partial charge in [-0.05, 0) is 12.1 Å². The van der Waals surface area contributed by atoms with Crippen molar-refractivity contribution in [2.75, 3.05) is 0 Å². The first-order valence-corrected chi connectivity index (χ1v) is 5.23. The second-order valence-corrected chi connectivity index (χ2v) is 3.98. The lowest BCUT2D eigenvalue weighted by molar-refractivity contribution is 1.05. The quantitative estimate of drug-likeness (QED) is 0.622. The minimum Gasteiger partial charge on any atom is -0.233 e. The zero-order valence-electron chi connectivity index (χ0n) is 7.66. The van der Waals surface area contributed by atoms with E-state index >= 15 is 0 Å². The maximum Gasteiger partial charge on any atom is 0.191 e. The molecule has 15 heavy (non-hydrogen) atoms. The van der Waals surface area contributed by atoms with E-state index < -0.39 is 0 Å². The van der Waals surface area contributed by atoms with Crippen LogP contribution in [0.2, 0.25) is 0 Å². The van der Waals surface area contributed by atoms with E-state index in [4.69, 9.17) is 0 Å². The molecule has 3 aromatic rings.